The Morgan fingerprint density at radius 1 is 1.23 bits per heavy atom. The number of carbonyl (C=O) groups excluding carboxylic acids is 1. The molecule has 0 fully saturated rings. The largest absolute Gasteiger partial charge is 0.338 e. The topological polar surface area (TPSA) is 22.0 Å². The van der Waals surface area contributed by atoms with Gasteiger partial charge in [-0.15, -0.1) is 0 Å². The van der Waals surface area contributed by atoms with Crippen LogP contribution in [-0.4, -0.2) is 10.4 Å². The predicted molar refractivity (Wildman–Crippen MR) is 94.9 cm³/mol. The van der Waals surface area contributed by atoms with Gasteiger partial charge in [0.05, 0.1) is 5.69 Å². The molecule has 0 amide bonds. The van der Waals surface area contributed by atoms with Crippen LogP contribution < -0.4 is 0 Å². The summed E-state index contributed by atoms with van der Waals surface area (Å²) in [6.45, 7) is 4.79. The molecule has 0 spiro atoms. The van der Waals surface area contributed by atoms with Crippen LogP contribution in [0.2, 0.25) is 5.02 Å². The normalized spacial score (nSPS) is 11.1. The number of aryl methyl sites for hydroxylation is 2. The third kappa shape index (κ3) is 2.49. The second-order valence-electron chi connectivity index (χ2n) is 5.22. The van der Waals surface area contributed by atoms with E-state index < -0.39 is 0 Å². The van der Waals surface area contributed by atoms with Gasteiger partial charge in [-0.1, -0.05) is 39.7 Å². The monoisotopic (exact) mass is 375 g/mol. The van der Waals surface area contributed by atoms with E-state index >= 15 is 0 Å². The summed E-state index contributed by atoms with van der Waals surface area (Å²) in [4.78, 5) is 13.0. The van der Waals surface area contributed by atoms with E-state index in [0.29, 0.717) is 10.6 Å². The van der Waals surface area contributed by atoms with E-state index in [-0.39, 0.29) is 5.78 Å². The summed E-state index contributed by atoms with van der Waals surface area (Å²) in [6, 6.07) is 13.2. The highest BCUT2D eigenvalue weighted by molar-refractivity contribution is 9.10. The Kier molecular flexibility index (Phi) is 4.11. The van der Waals surface area contributed by atoms with E-state index in [9.17, 15) is 4.79 Å². The number of fused-ring (bicyclic) bond motifs is 1. The van der Waals surface area contributed by atoms with Gasteiger partial charge in [-0.3, -0.25) is 4.79 Å². The van der Waals surface area contributed by atoms with Gasteiger partial charge in [-0.05, 0) is 49.7 Å². The summed E-state index contributed by atoms with van der Waals surface area (Å²) < 4.78 is 3.08. The molecule has 0 saturated carbocycles. The quantitative estimate of drug-likeness (QED) is 0.544. The van der Waals surface area contributed by atoms with Crippen LogP contribution in [0.4, 0.5) is 0 Å². The van der Waals surface area contributed by atoms with Crippen molar-refractivity contribution in [2.75, 3.05) is 0 Å². The maximum Gasteiger partial charge on any atom is 0.209 e. The van der Waals surface area contributed by atoms with Crippen molar-refractivity contribution in [2.24, 2.45) is 0 Å². The molecular formula is C18H15BrClNO. The van der Waals surface area contributed by atoms with Gasteiger partial charge in [0.25, 0.3) is 0 Å². The first-order valence-electron chi connectivity index (χ1n) is 7.11. The minimum atomic E-state index is 0.00849. The molecule has 0 aliphatic carbocycles. The minimum absolute atomic E-state index is 0.00849. The van der Waals surface area contributed by atoms with Crippen LogP contribution in [0.1, 0.15) is 28.5 Å². The van der Waals surface area contributed by atoms with Crippen molar-refractivity contribution in [3.05, 3.63) is 68.8 Å². The molecule has 0 radical (unpaired) electrons. The molecule has 22 heavy (non-hydrogen) atoms. The second kappa shape index (κ2) is 5.90. The molecule has 0 atom stereocenters. The zero-order valence-electron chi connectivity index (χ0n) is 12.4. The van der Waals surface area contributed by atoms with Crippen molar-refractivity contribution in [3.63, 3.8) is 0 Å². The molecule has 0 aliphatic rings. The van der Waals surface area contributed by atoms with Gasteiger partial charge in [0.1, 0.15) is 0 Å². The number of nitrogens with zero attached hydrogens (tertiary/aromatic N) is 1. The van der Waals surface area contributed by atoms with Crippen LogP contribution in [0, 0.1) is 6.92 Å². The van der Waals surface area contributed by atoms with Crippen LogP contribution in [0.5, 0.6) is 0 Å². The molecule has 2 nitrogen and oxygen atoms in total. The third-order valence-corrected chi connectivity index (χ3v) is 4.62. The van der Waals surface area contributed by atoms with Crippen molar-refractivity contribution in [2.45, 2.75) is 20.4 Å². The summed E-state index contributed by atoms with van der Waals surface area (Å²) in [7, 11) is 0. The number of aromatic nitrogens is 1. The predicted octanol–water partition coefficient (Wildman–Crippen LogP) is 5.62. The maximum atomic E-state index is 13.0. The molecule has 3 rings (SSSR count). The fraction of sp³-hybridized carbons (Fsp3) is 0.167. The summed E-state index contributed by atoms with van der Waals surface area (Å²) in [5.74, 6) is 0.00849. The van der Waals surface area contributed by atoms with E-state index in [2.05, 4.69) is 33.5 Å². The van der Waals surface area contributed by atoms with Crippen molar-refractivity contribution < 1.29 is 4.79 Å². The number of ketones is 1. The fourth-order valence-corrected chi connectivity index (χ4v) is 3.43. The van der Waals surface area contributed by atoms with Crippen LogP contribution in [0.15, 0.2) is 46.9 Å². The lowest BCUT2D eigenvalue weighted by Crippen LogP contribution is -2.10. The average molecular weight is 377 g/mol. The molecule has 2 aromatic carbocycles. The van der Waals surface area contributed by atoms with Crippen molar-refractivity contribution in [3.8, 4) is 0 Å². The van der Waals surface area contributed by atoms with Crippen molar-refractivity contribution in [1.29, 1.82) is 0 Å². The zero-order chi connectivity index (χ0) is 15.9. The van der Waals surface area contributed by atoms with Crippen molar-refractivity contribution in [1.82, 2.24) is 4.57 Å². The van der Waals surface area contributed by atoms with Crippen molar-refractivity contribution >= 4 is 44.2 Å². The van der Waals surface area contributed by atoms with Crippen LogP contribution >= 0.6 is 27.5 Å². The first-order valence-corrected chi connectivity index (χ1v) is 8.28. The lowest BCUT2D eigenvalue weighted by Gasteiger charge is -2.08. The first-order chi connectivity index (χ1) is 10.5. The Morgan fingerprint density at radius 2 is 2.00 bits per heavy atom. The molecule has 1 heterocycles. The molecule has 112 valence electrons. The van der Waals surface area contributed by atoms with E-state index in [0.717, 1.165) is 33.2 Å². The van der Waals surface area contributed by atoms with E-state index in [1.54, 1.807) is 24.3 Å². The van der Waals surface area contributed by atoms with Gasteiger partial charge in [-0.25, -0.2) is 0 Å². The number of rotatable bonds is 3. The second-order valence-corrected chi connectivity index (χ2v) is 6.57. The Hall–Kier alpha value is -1.58. The Labute approximate surface area is 142 Å². The number of halogens is 2. The summed E-state index contributed by atoms with van der Waals surface area (Å²) in [6.07, 6.45) is 0. The summed E-state index contributed by atoms with van der Waals surface area (Å²) in [5, 5.41) is 1.67. The number of hydrogen-bond donors (Lipinski definition) is 0. The Bertz CT molecular complexity index is 882. The SMILES string of the molecule is CCn1c(C(=O)c2cccc(Cl)c2)c(C)c2cc(Br)ccc21. The van der Waals surface area contributed by atoms with E-state index in [4.69, 9.17) is 11.6 Å². The highest BCUT2D eigenvalue weighted by Crippen LogP contribution is 2.30. The minimum Gasteiger partial charge on any atom is -0.338 e. The Morgan fingerprint density at radius 3 is 2.68 bits per heavy atom. The molecule has 0 aliphatic heterocycles. The number of hydrogen-bond acceptors (Lipinski definition) is 1. The van der Waals surface area contributed by atoms with E-state index in [1.165, 1.54) is 0 Å². The molecular weight excluding hydrogens is 362 g/mol. The third-order valence-electron chi connectivity index (χ3n) is 3.90. The highest BCUT2D eigenvalue weighted by Gasteiger charge is 2.21. The molecule has 0 unspecified atom stereocenters. The van der Waals surface area contributed by atoms with Gasteiger partial charge in [0, 0.05) is 32.5 Å². The average Bonchev–Trinajstić information content (AvgIpc) is 2.78. The lowest BCUT2D eigenvalue weighted by atomic mass is 10.0. The van der Waals surface area contributed by atoms with Crippen LogP contribution in [0.3, 0.4) is 0 Å². The smallest absolute Gasteiger partial charge is 0.209 e. The van der Waals surface area contributed by atoms with E-state index in [1.807, 2.05) is 19.1 Å². The lowest BCUT2D eigenvalue weighted by molar-refractivity contribution is 0.103. The number of carbonyl (C=O) groups is 1. The molecule has 3 aromatic rings. The van der Waals surface area contributed by atoms with Gasteiger partial charge in [0.15, 0.2) is 0 Å². The van der Waals surface area contributed by atoms with Gasteiger partial charge >= 0.3 is 0 Å². The number of benzene rings is 2. The Balaban J connectivity index is 2.26. The summed E-state index contributed by atoms with van der Waals surface area (Å²) >= 11 is 9.53. The standard InChI is InChI=1S/C18H15BrClNO/c1-3-21-16-8-7-13(19)10-15(16)11(2)17(21)18(22)12-5-4-6-14(20)9-12/h4-10H,3H2,1-2H3. The molecule has 1 aromatic heterocycles. The fourth-order valence-electron chi connectivity index (χ4n) is 2.88. The molecule has 0 saturated heterocycles. The van der Waals surface area contributed by atoms with Crippen LogP contribution in [0.25, 0.3) is 10.9 Å². The maximum absolute atomic E-state index is 13.0. The van der Waals surface area contributed by atoms with Gasteiger partial charge < -0.3 is 4.57 Å². The molecule has 0 N–H and O–H groups in total. The molecule has 4 heteroatoms. The first kappa shape index (κ1) is 15.3. The molecule has 0 bridgehead atoms. The summed E-state index contributed by atoms with van der Waals surface area (Å²) in [5.41, 5.74) is 3.43. The van der Waals surface area contributed by atoms with Gasteiger partial charge in [0.2, 0.25) is 5.78 Å². The van der Waals surface area contributed by atoms with Gasteiger partial charge in [-0.2, -0.15) is 0 Å². The van der Waals surface area contributed by atoms with Crippen LogP contribution in [-0.2, 0) is 6.54 Å². The zero-order valence-corrected chi connectivity index (χ0v) is 14.7. The highest BCUT2D eigenvalue weighted by atomic mass is 79.9.